The Morgan fingerprint density at radius 2 is 1.66 bits per heavy atom. The molecule has 0 radical (unpaired) electrons. The van der Waals surface area contributed by atoms with Crippen LogP contribution >= 0.6 is 11.6 Å². The highest BCUT2D eigenvalue weighted by atomic mass is 35.5. The summed E-state index contributed by atoms with van der Waals surface area (Å²) in [4.78, 5) is 14.9. The summed E-state index contributed by atoms with van der Waals surface area (Å²) in [5.41, 5.74) is 2.22. The molecule has 4 rings (SSSR count). The Balaban J connectivity index is 1.42. The van der Waals surface area contributed by atoms with Crippen molar-refractivity contribution in [3.05, 3.63) is 77.1 Å². The number of carbonyl (C=O) groups is 1. The number of hydrogen-bond acceptors (Lipinski definition) is 4. The third-order valence-electron chi connectivity index (χ3n) is 5.64. The van der Waals surface area contributed by atoms with Gasteiger partial charge < -0.3 is 4.90 Å². The van der Waals surface area contributed by atoms with Gasteiger partial charge in [-0.05, 0) is 35.7 Å². The van der Waals surface area contributed by atoms with E-state index in [1.807, 2.05) is 30.3 Å². The van der Waals surface area contributed by atoms with E-state index in [1.54, 1.807) is 34.0 Å². The molecule has 2 heterocycles. The number of rotatable bonds is 5. The fourth-order valence-corrected chi connectivity index (χ4v) is 5.33. The van der Waals surface area contributed by atoms with Crippen LogP contribution in [0.15, 0.2) is 65.8 Å². The van der Waals surface area contributed by atoms with Crippen LogP contribution in [0.25, 0.3) is 5.69 Å². The molecule has 168 valence electrons. The molecule has 9 heteroatoms. The molecule has 1 aliphatic heterocycles. The van der Waals surface area contributed by atoms with Crippen LogP contribution in [0.4, 0.5) is 0 Å². The molecule has 1 saturated heterocycles. The Kier molecular flexibility index (Phi) is 6.37. The Hall–Kier alpha value is -2.68. The highest BCUT2D eigenvalue weighted by molar-refractivity contribution is 7.89. The SMILES string of the molecule is CC(C)c1ccc(S(=O)(=O)N2CCN(C(=O)c3cnn(-c4ccccc4Cl)c3)CC2)cc1. The maximum absolute atomic E-state index is 13.0. The normalized spacial score (nSPS) is 15.3. The predicted molar refractivity (Wildman–Crippen MR) is 124 cm³/mol. The quantitative estimate of drug-likeness (QED) is 0.566. The van der Waals surface area contributed by atoms with E-state index in [0.717, 1.165) is 5.56 Å². The molecule has 2 aromatic carbocycles. The van der Waals surface area contributed by atoms with Gasteiger partial charge in [0.25, 0.3) is 5.91 Å². The number of carbonyl (C=O) groups excluding carboxylic acids is 1. The number of sulfonamides is 1. The number of halogens is 1. The standard InChI is InChI=1S/C23H25ClN4O3S/c1-17(2)18-7-9-20(10-8-18)32(30,31)27-13-11-26(12-14-27)23(29)19-15-25-28(16-19)22-6-4-3-5-21(22)24/h3-10,15-17H,11-14H2,1-2H3. The molecule has 1 amide bonds. The van der Waals surface area contributed by atoms with E-state index in [1.165, 1.54) is 10.5 Å². The van der Waals surface area contributed by atoms with Crippen LogP contribution in [-0.4, -0.2) is 59.5 Å². The minimum Gasteiger partial charge on any atom is -0.336 e. The zero-order valence-corrected chi connectivity index (χ0v) is 19.6. The number of para-hydroxylation sites is 1. The second kappa shape index (κ2) is 9.05. The molecular formula is C23H25ClN4O3S. The van der Waals surface area contributed by atoms with E-state index in [2.05, 4.69) is 18.9 Å². The van der Waals surface area contributed by atoms with Gasteiger partial charge in [-0.2, -0.15) is 9.40 Å². The smallest absolute Gasteiger partial charge is 0.257 e. The summed E-state index contributed by atoms with van der Waals surface area (Å²) in [6.45, 7) is 5.27. The van der Waals surface area contributed by atoms with Crippen molar-refractivity contribution in [1.82, 2.24) is 19.0 Å². The lowest BCUT2D eigenvalue weighted by molar-refractivity contribution is 0.0698. The Bertz CT molecular complexity index is 1210. The van der Waals surface area contributed by atoms with Crippen molar-refractivity contribution >= 4 is 27.5 Å². The van der Waals surface area contributed by atoms with Crippen LogP contribution in [0.5, 0.6) is 0 Å². The number of hydrogen-bond donors (Lipinski definition) is 0. The molecule has 1 fully saturated rings. The van der Waals surface area contributed by atoms with E-state index in [-0.39, 0.29) is 23.9 Å². The Morgan fingerprint density at radius 1 is 1.00 bits per heavy atom. The monoisotopic (exact) mass is 472 g/mol. The highest BCUT2D eigenvalue weighted by Crippen LogP contribution is 2.23. The molecule has 0 atom stereocenters. The van der Waals surface area contributed by atoms with E-state index < -0.39 is 10.0 Å². The summed E-state index contributed by atoms with van der Waals surface area (Å²) in [7, 11) is -3.59. The average molecular weight is 473 g/mol. The molecule has 0 bridgehead atoms. The highest BCUT2D eigenvalue weighted by Gasteiger charge is 2.31. The van der Waals surface area contributed by atoms with Crippen LogP contribution in [0.1, 0.15) is 35.7 Å². The van der Waals surface area contributed by atoms with Gasteiger partial charge in [-0.15, -0.1) is 0 Å². The lowest BCUT2D eigenvalue weighted by atomic mass is 10.0. The van der Waals surface area contributed by atoms with Crippen molar-refractivity contribution < 1.29 is 13.2 Å². The third-order valence-corrected chi connectivity index (χ3v) is 7.87. The van der Waals surface area contributed by atoms with E-state index in [9.17, 15) is 13.2 Å². The number of benzene rings is 2. The Morgan fingerprint density at radius 3 is 2.28 bits per heavy atom. The molecule has 32 heavy (non-hydrogen) atoms. The molecule has 0 N–H and O–H groups in total. The molecule has 0 spiro atoms. The lowest BCUT2D eigenvalue weighted by Gasteiger charge is -2.33. The van der Waals surface area contributed by atoms with Gasteiger partial charge in [0.1, 0.15) is 0 Å². The maximum Gasteiger partial charge on any atom is 0.257 e. The molecule has 1 aliphatic rings. The molecule has 1 aromatic heterocycles. The van der Waals surface area contributed by atoms with Gasteiger partial charge in [0.05, 0.1) is 27.4 Å². The van der Waals surface area contributed by atoms with Gasteiger partial charge in [0.2, 0.25) is 10.0 Å². The summed E-state index contributed by atoms with van der Waals surface area (Å²) < 4.78 is 29.0. The van der Waals surface area contributed by atoms with Gasteiger partial charge in [0, 0.05) is 32.4 Å². The third kappa shape index (κ3) is 4.44. The van der Waals surface area contributed by atoms with E-state index >= 15 is 0 Å². The minimum absolute atomic E-state index is 0.179. The topological polar surface area (TPSA) is 75.5 Å². The largest absolute Gasteiger partial charge is 0.336 e. The van der Waals surface area contributed by atoms with E-state index in [4.69, 9.17) is 11.6 Å². The number of amides is 1. The first-order valence-corrected chi connectivity index (χ1v) is 12.3. The molecule has 7 nitrogen and oxygen atoms in total. The van der Waals surface area contributed by atoms with Crippen molar-refractivity contribution in [3.8, 4) is 5.69 Å². The predicted octanol–water partition coefficient (Wildman–Crippen LogP) is 3.80. The lowest BCUT2D eigenvalue weighted by Crippen LogP contribution is -2.50. The summed E-state index contributed by atoms with van der Waals surface area (Å²) >= 11 is 6.21. The second-order valence-corrected chi connectivity index (χ2v) is 10.4. The van der Waals surface area contributed by atoms with Gasteiger partial charge >= 0.3 is 0 Å². The minimum atomic E-state index is -3.59. The molecular weight excluding hydrogens is 448 g/mol. The summed E-state index contributed by atoms with van der Waals surface area (Å²) in [5.74, 6) is 0.158. The van der Waals surface area contributed by atoms with Crippen molar-refractivity contribution in [2.75, 3.05) is 26.2 Å². The molecule has 0 saturated carbocycles. The average Bonchev–Trinajstić information content (AvgIpc) is 3.29. The summed E-state index contributed by atoms with van der Waals surface area (Å²) in [6, 6.07) is 14.3. The molecule has 3 aromatic rings. The Labute approximate surface area is 193 Å². The number of aromatic nitrogens is 2. The van der Waals surface area contributed by atoms with Crippen molar-refractivity contribution in [1.29, 1.82) is 0 Å². The fraction of sp³-hybridized carbons (Fsp3) is 0.304. The van der Waals surface area contributed by atoms with Crippen LogP contribution in [0, 0.1) is 0 Å². The first kappa shape index (κ1) is 22.5. The molecule has 0 aliphatic carbocycles. The van der Waals surface area contributed by atoms with Gasteiger partial charge in [-0.3, -0.25) is 4.79 Å². The van der Waals surface area contributed by atoms with Crippen LogP contribution in [-0.2, 0) is 10.0 Å². The number of nitrogens with zero attached hydrogens (tertiary/aromatic N) is 4. The second-order valence-electron chi connectivity index (χ2n) is 8.05. The first-order valence-electron chi connectivity index (χ1n) is 10.5. The van der Waals surface area contributed by atoms with Gasteiger partial charge in [0.15, 0.2) is 0 Å². The maximum atomic E-state index is 13.0. The fourth-order valence-electron chi connectivity index (χ4n) is 3.69. The zero-order valence-electron chi connectivity index (χ0n) is 18.0. The number of piperazine rings is 1. The van der Waals surface area contributed by atoms with Crippen LogP contribution < -0.4 is 0 Å². The zero-order chi connectivity index (χ0) is 22.9. The first-order chi connectivity index (χ1) is 15.3. The van der Waals surface area contributed by atoms with E-state index in [0.29, 0.717) is 35.3 Å². The van der Waals surface area contributed by atoms with Crippen LogP contribution in [0.3, 0.4) is 0 Å². The van der Waals surface area contributed by atoms with Gasteiger partial charge in [-0.1, -0.05) is 49.7 Å². The van der Waals surface area contributed by atoms with Gasteiger partial charge in [-0.25, -0.2) is 13.1 Å². The van der Waals surface area contributed by atoms with Crippen molar-refractivity contribution in [3.63, 3.8) is 0 Å². The molecule has 0 unspecified atom stereocenters. The van der Waals surface area contributed by atoms with Crippen molar-refractivity contribution in [2.24, 2.45) is 0 Å². The summed E-state index contributed by atoms with van der Waals surface area (Å²) in [6.07, 6.45) is 3.15. The van der Waals surface area contributed by atoms with Crippen LogP contribution in [0.2, 0.25) is 5.02 Å². The van der Waals surface area contributed by atoms with Crippen molar-refractivity contribution in [2.45, 2.75) is 24.7 Å². The summed E-state index contributed by atoms with van der Waals surface area (Å²) in [5, 5.41) is 4.79.